The topological polar surface area (TPSA) is 37.3 Å². The molecule has 1 aliphatic carbocycles. The fourth-order valence-electron chi connectivity index (χ4n) is 1.09. The van der Waals surface area contributed by atoms with Crippen molar-refractivity contribution in [2.45, 2.75) is 19.3 Å². The molecule has 0 radical (unpaired) electrons. The summed E-state index contributed by atoms with van der Waals surface area (Å²) in [6.07, 6.45) is 6.42. The molecule has 0 heterocycles. The zero-order valence-corrected chi connectivity index (χ0v) is 5.21. The average Bonchev–Trinajstić information content (AvgIpc) is 2.15. The SMILES string of the molecule is O=C(O)C[C@@H]1C=CCC1. The monoisotopic (exact) mass is 126 g/mol. The van der Waals surface area contributed by atoms with E-state index < -0.39 is 5.97 Å². The Bertz CT molecular complexity index is 138. The second-order valence-corrected chi connectivity index (χ2v) is 2.36. The van der Waals surface area contributed by atoms with Crippen LogP contribution in [0.5, 0.6) is 0 Å². The molecule has 2 nitrogen and oxygen atoms in total. The van der Waals surface area contributed by atoms with Crippen LogP contribution in [0.15, 0.2) is 12.2 Å². The van der Waals surface area contributed by atoms with Crippen LogP contribution in [0.25, 0.3) is 0 Å². The first-order valence-corrected chi connectivity index (χ1v) is 3.17. The van der Waals surface area contributed by atoms with Gasteiger partial charge >= 0.3 is 5.97 Å². The predicted octanol–water partition coefficient (Wildman–Crippen LogP) is 1.43. The van der Waals surface area contributed by atoms with Gasteiger partial charge in [-0.3, -0.25) is 4.79 Å². The van der Waals surface area contributed by atoms with Crippen molar-refractivity contribution < 1.29 is 9.90 Å². The van der Waals surface area contributed by atoms with Crippen molar-refractivity contribution in [1.29, 1.82) is 0 Å². The van der Waals surface area contributed by atoms with E-state index in [1.807, 2.05) is 12.2 Å². The second kappa shape index (κ2) is 2.67. The minimum absolute atomic E-state index is 0.302. The number of allylic oxidation sites excluding steroid dienone is 2. The van der Waals surface area contributed by atoms with Crippen LogP contribution in [0.3, 0.4) is 0 Å². The molecule has 0 aliphatic heterocycles. The number of aliphatic carboxylic acids is 1. The molecule has 0 bridgehead atoms. The quantitative estimate of drug-likeness (QED) is 0.568. The molecule has 1 N–H and O–H groups in total. The first kappa shape index (κ1) is 6.33. The van der Waals surface area contributed by atoms with Crippen LogP contribution in [0, 0.1) is 5.92 Å². The molecule has 0 saturated carbocycles. The molecular formula is C7H10O2. The number of hydrogen-bond acceptors (Lipinski definition) is 1. The highest BCUT2D eigenvalue weighted by Crippen LogP contribution is 2.19. The van der Waals surface area contributed by atoms with Crippen molar-refractivity contribution in [3.05, 3.63) is 12.2 Å². The molecule has 0 amide bonds. The maximum atomic E-state index is 10.1. The first-order chi connectivity index (χ1) is 4.29. The number of hydrogen-bond donors (Lipinski definition) is 1. The molecule has 1 aliphatic rings. The molecule has 0 fully saturated rings. The molecule has 0 aromatic rings. The van der Waals surface area contributed by atoms with Gasteiger partial charge in [0.15, 0.2) is 0 Å². The van der Waals surface area contributed by atoms with E-state index >= 15 is 0 Å². The number of carboxylic acids is 1. The van der Waals surface area contributed by atoms with Crippen LogP contribution in [0.1, 0.15) is 19.3 Å². The fourth-order valence-corrected chi connectivity index (χ4v) is 1.09. The third-order valence-corrected chi connectivity index (χ3v) is 1.55. The Morgan fingerprint density at radius 2 is 2.56 bits per heavy atom. The number of carboxylic acid groups (broad SMARTS) is 1. The van der Waals surface area contributed by atoms with Gasteiger partial charge in [0.1, 0.15) is 0 Å². The van der Waals surface area contributed by atoms with E-state index in [1.54, 1.807) is 0 Å². The van der Waals surface area contributed by atoms with E-state index in [1.165, 1.54) is 0 Å². The maximum Gasteiger partial charge on any atom is 0.303 e. The molecule has 1 atom stereocenters. The van der Waals surface area contributed by atoms with Crippen molar-refractivity contribution in [3.8, 4) is 0 Å². The minimum atomic E-state index is -0.688. The van der Waals surface area contributed by atoms with Gasteiger partial charge in [-0.1, -0.05) is 12.2 Å². The largest absolute Gasteiger partial charge is 0.481 e. The van der Waals surface area contributed by atoms with Crippen LogP contribution in [0.2, 0.25) is 0 Å². The van der Waals surface area contributed by atoms with Crippen molar-refractivity contribution in [2.24, 2.45) is 5.92 Å². The van der Waals surface area contributed by atoms with E-state index in [0.717, 1.165) is 12.8 Å². The first-order valence-electron chi connectivity index (χ1n) is 3.17. The third kappa shape index (κ3) is 1.88. The van der Waals surface area contributed by atoms with Crippen molar-refractivity contribution in [1.82, 2.24) is 0 Å². The number of rotatable bonds is 2. The van der Waals surface area contributed by atoms with Crippen molar-refractivity contribution >= 4 is 5.97 Å². The van der Waals surface area contributed by atoms with Gasteiger partial charge in [-0.25, -0.2) is 0 Å². The van der Waals surface area contributed by atoms with Crippen LogP contribution in [-0.4, -0.2) is 11.1 Å². The molecule has 9 heavy (non-hydrogen) atoms. The minimum Gasteiger partial charge on any atom is -0.481 e. The highest BCUT2D eigenvalue weighted by Gasteiger charge is 2.11. The molecular weight excluding hydrogens is 116 g/mol. The zero-order chi connectivity index (χ0) is 6.69. The molecule has 0 unspecified atom stereocenters. The van der Waals surface area contributed by atoms with Crippen LogP contribution >= 0.6 is 0 Å². The maximum absolute atomic E-state index is 10.1. The smallest absolute Gasteiger partial charge is 0.303 e. The summed E-state index contributed by atoms with van der Waals surface area (Å²) in [6, 6.07) is 0. The van der Waals surface area contributed by atoms with E-state index in [-0.39, 0.29) is 0 Å². The predicted molar refractivity (Wildman–Crippen MR) is 34.1 cm³/mol. The van der Waals surface area contributed by atoms with Gasteiger partial charge in [0.25, 0.3) is 0 Å². The molecule has 0 aromatic carbocycles. The van der Waals surface area contributed by atoms with Crippen LogP contribution < -0.4 is 0 Å². The Hall–Kier alpha value is -0.790. The normalized spacial score (nSPS) is 24.7. The lowest BCUT2D eigenvalue weighted by molar-refractivity contribution is -0.137. The summed E-state index contributed by atoms with van der Waals surface area (Å²) in [4.78, 5) is 10.1. The third-order valence-electron chi connectivity index (χ3n) is 1.55. The van der Waals surface area contributed by atoms with E-state index in [2.05, 4.69) is 0 Å². The fraction of sp³-hybridized carbons (Fsp3) is 0.571. The highest BCUT2D eigenvalue weighted by atomic mass is 16.4. The Kier molecular flexibility index (Phi) is 1.88. The van der Waals surface area contributed by atoms with Gasteiger partial charge < -0.3 is 5.11 Å². The number of carbonyl (C=O) groups is 1. The molecule has 50 valence electrons. The Labute approximate surface area is 54.2 Å². The Morgan fingerprint density at radius 1 is 1.78 bits per heavy atom. The summed E-state index contributed by atoms with van der Waals surface area (Å²) in [5, 5.41) is 8.34. The summed E-state index contributed by atoms with van der Waals surface area (Å²) in [5.74, 6) is -0.381. The van der Waals surface area contributed by atoms with Crippen molar-refractivity contribution in [3.63, 3.8) is 0 Å². The lowest BCUT2D eigenvalue weighted by atomic mass is 10.1. The highest BCUT2D eigenvalue weighted by molar-refractivity contribution is 5.67. The van der Waals surface area contributed by atoms with Crippen LogP contribution in [-0.2, 0) is 4.79 Å². The van der Waals surface area contributed by atoms with Gasteiger partial charge in [-0.15, -0.1) is 0 Å². The van der Waals surface area contributed by atoms with Crippen molar-refractivity contribution in [2.75, 3.05) is 0 Å². The zero-order valence-electron chi connectivity index (χ0n) is 5.21. The van der Waals surface area contributed by atoms with E-state index in [0.29, 0.717) is 12.3 Å². The summed E-state index contributed by atoms with van der Waals surface area (Å²) >= 11 is 0. The van der Waals surface area contributed by atoms with E-state index in [9.17, 15) is 4.79 Å². The Balaban J connectivity index is 2.28. The summed E-state index contributed by atoms with van der Waals surface area (Å²) in [6.45, 7) is 0. The molecule has 2 heteroatoms. The van der Waals surface area contributed by atoms with E-state index in [4.69, 9.17) is 5.11 Å². The Morgan fingerprint density at radius 3 is 3.00 bits per heavy atom. The lowest BCUT2D eigenvalue weighted by Gasteiger charge is -1.99. The second-order valence-electron chi connectivity index (χ2n) is 2.36. The van der Waals surface area contributed by atoms with Gasteiger partial charge in [0.2, 0.25) is 0 Å². The summed E-state index contributed by atoms with van der Waals surface area (Å²) in [7, 11) is 0. The van der Waals surface area contributed by atoms with Gasteiger partial charge in [-0.2, -0.15) is 0 Å². The molecule has 0 aromatic heterocycles. The van der Waals surface area contributed by atoms with Gasteiger partial charge in [0, 0.05) is 0 Å². The average molecular weight is 126 g/mol. The molecule has 0 spiro atoms. The molecule has 0 saturated heterocycles. The standard InChI is InChI=1S/C7H10O2/c8-7(9)5-6-3-1-2-4-6/h1,3,6H,2,4-5H2,(H,8,9)/t6-/m1/s1. The lowest BCUT2D eigenvalue weighted by Crippen LogP contribution is -2.01. The summed E-state index contributed by atoms with van der Waals surface area (Å²) in [5.41, 5.74) is 0. The van der Waals surface area contributed by atoms with Crippen LogP contribution in [0.4, 0.5) is 0 Å². The van der Waals surface area contributed by atoms with Gasteiger partial charge in [-0.05, 0) is 18.8 Å². The molecule has 1 rings (SSSR count). The van der Waals surface area contributed by atoms with Gasteiger partial charge in [0.05, 0.1) is 6.42 Å². The summed E-state index contributed by atoms with van der Waals surface area (Å²) < 4.78 is 0.